The fourth-order valence-electron chi connectivity index (χ4n) is 1.66. The van der Waals surface area contributed by atoms with Crippen LogP contribution in [0.25, 0.3) is 0 Å². The lowest BCUT2D eigenvalue weighted by atomic mass is 10.1. The van der Waals surface area contributed by atoms with E-state index in [0.29, 0.717) is 13.0 Å². The molecule has 0 aromatic heterocycles. The second-order valence-electron chi connectivity index (χ2n) is 3.66. The van der Waals surface area contributed by atoms with Gasteiger partial charge in [-0.2, -0.15) is 0 Å². The third-order valence-corrected chi connectivity index (χ3v) is 3.17. The summed E-state index contributed by atoms with van der Waals surface area (Å²) in [5.74, 6) is 0.00606. The van der Waals surface area contributed by atoms with Gasteiger partial charge in [0, 0.05) is 17.3 Å². The molecular formula is C11H13IN2O2. The van der Waals surface area contributed by atoms with Crippen LogP contribution >= 0.6 is 22.6 Å². The number of halogens is 1. The minimum absolute atomic E-state index is 0.00606. The second-order valence-corrected chi connectivity index (χ2v) is 4.90. The molecule has 1 heterocycles. The highest BCUT2D eigenvalue weighted by molar-refractivity contribution is 14.1. The van der Waals surface area contributed by atoms with Crippen molar-refractivity contribution in [3.63, 3.8) is 0 Å². The predicted molar refractivity (Wildman–Crippen MR) is 71.7 cm³/mol. The predicted octanol–water partition coefficient (Wildman–Crippen LogP) is 2.06. The number of fused-ring (bicyclic) bond motifs is 1. The lowest BCUT2D eigenvalue weighted by Gasteiger charge is -2.26. The quantitative estimate of drug-likeness (QED) is 0.833. The highest BCUT2D eigenvalue weighted by Gasteiger charge is 2.24. The van der Waals surface area contributed by atoms with Gasteiger partial charge in [-0.3, -0.25) is 4.79 Å². The fourth-order valence-corrected chi connectivity index (χ4v) is 2.15. The van der Waals surface area contributed by atoms with Crippen LogP contribution in [0.1, 0.15) is 6.42 Å². The summed E-state index contributed by atoms with van der Waals surface area (Å²) in [4.78, 5) is 11.7. The maximum atomic E-state index is 11.7. The summed E-state index contributed by atoms with van der Waals surface area (Å²) in [6.07, 6.45) is 0.674. The summed E-state index contributed by atoms with van der Waals surface area (Å²) in [5.41, 5.74) is 1.83. The van der Waals surface area contributed by atoms with Crippen molar-refractivity contribution in [2.45, 2.75) is 12.5 Å². The molecule has 0 radical (unpaired) electrons. The second kappa shape index (κ2) is 5.01. The SMILES string of the molecule is COCCC1Nc2ccc(I)cc2NC1=O. The number of anilines is 2. The molecule has 1 aliphatic heterocycles. The molecule has 0 saturated heterocycles. The van der Waals surface area contributed by atoms with Crippen LogP contribution in [0.15, 0.2) is 18.2 Å². The van der Waals surface area contributed by atoms with Crippen LogP contribution in [0.4, 0.5) is 11.4 Å². The molecule has 0 saturated carbocycles. The van der Waals surface area contributed by atoms with Crippen LogP contribution in [-0.2, 0) is 9.53 Å². The third-order valence-electron chi connectivity index (χ3n) is 2.50. The van der Waals surface area contributed by atoms with Crippen molar-refractivity contribution in [1.82, 2.24) is 0 Å². The van der Waals surface area contributed by atoms with Gasteiger partial charge in [0.05, 0.1) is 11.4 Å². The molecule has 1 atom stereocenters. The van der Waals surface area contributed by atoms with Crippen LogP contribution in [0.3, 0.4) is 0 Å². The van der Waals surface area contributed by atoms with Gasteiger partial charge in [0.15, 0.2) is 0 Å². The lowest BCUT2D eigenvalue weighted by molar-refractivity contribution is -0.117. The van der Waals surface area contributed by atoms with Crippen molar-refractivity contribution in [2.75, 3.05) is 24.4 Å². The molecular weight excluding hydrogens is 319 g/mol. The van der Waals surface area contributed by atoms with Crippen molar-refractivity contribution < 1.29 is 9.53 Å². The number of rotatable bonds is 3. The number of hydrogen-bond donors (Lipinski definition) is 2. The van der Waals surface area contributed by atoms with E-state index in [1.165, 1.54) is 0 Å². The van der Waals surface area contributed by atoms with Gasteiger partial charge in [-0.05, 0) is 47.2 Å². The number of methoxy groups -OCH3 is 1. The van der Waals surface area contributed by atoms with Crippen molar-refractivity contribution in [3.8, 4) is 0 Å². The van der Waals surface area contributed by atoms with Crippen molar-refractivity contribution in [3.05, 3.63) is 21.8 Å². The Morgan fingerprint density at radius 1 is 1.44 bits per heavy atom. The maximum Gasteiger partial charge on any atom is 0.247 e. The molecule has 86 valence electrons. The first-order chi connectivity index (χ1) is 7.70. The van der Waals surface area contributed by atoms with E-state index in [1.807, 2.05) is 18.2 Å². The van der Waals surface area contributed by atoms with Gasteiger partial charge >= 0.3 is 0 Å². The first-order valence-corrected chi connectivity index (χ1v) is 6.14. The molecule has 0 spiro atoms. The molecule has 4 nitrogen and oxygen atoms in total. The highest BCUT2D eigenvalue weighted by Crippen LogP contribution is 2.28. The molecule has 1 aromatic rings. The molecule has 2 N–H and O–H groups in total. The summed E-state index contributed by atoms with van der Waals surface area (Å²) in [7, 11) is 1.64. The molecule has 0 bridgehead atoms. The number of nitrogens with one attached hydrogen (secondary N) is 2. The van der Waals surface area contributed by atoms with E-state index in [-0.39, 0.29) is 11.9 Å². The van der Waals surface area contributed by atoms with Gasteiger partial charge in [0.25, 0.3) is 0 Å². The Bertz CT molecular complexity index is 409. The molecule has 2 rings (SSSR count). The zero-order valence-corrected chi connectivity index (χ0v) is 11.1. The maximum absolute atomic E-state index is 11.7. The third kappa shape index (κ3) is 2.46. The van der Waals surface area contributed by atoms with Crippen molar-refractivity contribution >= 4 is 39.9 Å². The van der Waals surface area contributed by atoms with Gasteiger partial charge in [0.2, 0.25) is 5.91 Å². The van der Waals surface area contributed by atoms with Crippen LogP contribution < -0.4 is 10.6 Å². The summed E-state index contributed by atoms with van der Waals surface area (Å²) < 4.78 is 6.08. The van der Waals surface area contributed by atoms with E-state index in [4.69, 9.17) is 4.74 Å². The number of benzene rings is 1. The number of amides is 1. The zero-order valence-electron chi connectivity index (χ0n) is 8.92. The standard InChI is InChI=1S/C11H13IN2O2/c1-16-5-4-9-11(15)14-10-6-7(12)2-3-8(10)13-9/h2-3,6,9,13H,4-5H2,1H3,(H,14,15). The van der Waals surface area contributed by atoms with Crippen LogP contribution in [0.2, 0.25) is 0 Å². The monoisotopic (exact) mass is 332 g/mol. The minimum atomic E-state index is -0.201. The van der Waals surface area contributed by atoms with Crippen LogP contribution in [0.5, 0.6) is 0 Å². The zero-order chi connectivity index (χ0) is 11.5. The lowest BCUT2D eigenvalue weighted by Crippen LogP contribution is -2.39. The number of carbonyl (C=O) groups excluding carboxylic acids is 1. The average Bonchev–Trinajstić information content (AvgIpc) is 2.26. The Labute approximate surface area is 108 Å². The molecule has 1 unspecified atom stereocenters. The first kappa shape index (κ1) is 11.7. The van der Waals surface area contributed by atoms with Crippen LogP contribution in [0, 0.1) is 3.57 Å². The van der Waals surface area contributed by atoms with Gasteiger partial charge in [0.1, 0.15) is 6.04 Å². The Morgan fingerprint density at radius 2 is 2.25 bits per heavy atom. The Kier molecular flexibility index (Phi) is 3.65. The van der Waals surface area contributed by atoms with E-state index in [2.05, 4.69) is 33.2 Å². The largest absolute Gasteiger partial charge is 0.385 e. The van der Waals surface area contributed by atoms with E-state index in [1.54, 1.807) is 7.11 Å². The molecule has 1 aromatic carbocycles. The van der Waals surface area contributed by atoms with Gasteiger partial charge < -0.3 is 15.4 Å². The number of ether oxygens (including phenoxy) is 1. The Hall–Kier alpha value is -0.820. The summed E-state index contributed by atoms with van der Waals surface area (Å²) >= 11 is 2.22. The normalized spacial score (nSPS) is 18.6. The molecule has 16 heavy (non-hydrogen) atoms. The Morgan fingerprint density at radius 3 is 3.00 bits per heavy atom. The average molecular weight is 332 g/mol. The molecule has 1 amide bonds. The summed E-state index contributed by atoms with van der Waals surface area (Å²) in [5, 5.41) is 6.11. The molecule has 0 aliphatic carbocycles. The molecule has 5 heteroatoms. The smallest absolute Gasteiger partial charge is 0.247 e. The molecule has 0 fully saturated rings. The Balaban J connectivity index is 2.15. The number of hydrogen-bond acceptors (Lipinski definition) is 3. The fraction of sp³-hybridized carbons (Fsp3) is 0.364. The first-order valence-electron chi connectivity index (χ1n) is 5.06. The van der Waals surface area contributed by atoms with E-state index in [9.17, 15) is 4.79 Å². The van der Waals surface area contributed by atoms with Gasteiger partial charge in [-0.25, -0.2) is 0 Å². The van der Waals surface area contributed by atoms with Gasteiger partial charge in [-0.1, -0.05) is 0 Å². The minimum Gasteiger partial charge on any atom is -0.385 e. The van der Waals surface area contributed by atoms with Gasteiger partial charge in [-0.15, -0.1) is 0 Å². The highest BCUT2D eigenvalue weighted by atomic mass is 127. The van der Waals surface area contributed by atoms with Crippen molar-refractivity contribution in [1.29, 1.82) is 0 Å². The van der Waals surface area contributed by atoms with E-state index < -0.39 is 0 Å². The summed E-state index contributed by atoms with van der Waals surface area (Å²) in [6.45, 7) is 0.574. The number of carbonyl (C=O) groups is 1. The topological polar surface area (TPSA) is 50.4 Å². The van der Waals surface area contributed by atoms with E-state index >= 15 is 0 Å². The van der Waals surface area contributed by atoms with Crippen LogP contribution in [-0.4, -0.2) is 25.7 Å². The van der Waals surface area contributed by atoms with E-state index in [0.717, 1.165) is 14.9 Å². The summed E-state index contributed by atoms with van der Waals surface area (Å²) in [6, 6.07) is 5.74. The molecule has 1 aliphatic rings. The van der Waals surface area contributed by atoms with Crippen molar-refractivity contribution in [2.24, 2.45) is 0 Å².